The Morgan fingerprint density at radius 1 is 1.75 bits per heavy atom. The van der Waals surface area contributed by atoms with Gasteiger partial charge in [0.1, 0.15) is 5.82 Å². The zero-order valence-corrected chi connectivity index (χ0v) is 7.68. The van der Waals surface area contributed by atoms with Gasteiger partial charge in [-0.2, -0.15) is 4.37 Å². The number of carbonyl (C=O) groups is 1. The number of carbonyl (C=O) groups excluding carboxylic acids is 1. The summed E-state index contributed by atoms with van der Waals surface area (Å²) in [6, 6.07) is -0.519. The first kappa shape index (κ1) is 9.08. The molecule has 6 heteroatoms. The highest BCUT2D eigenvalue weighted by Crippen LogP contribution is 2.09. The standard InChI is InChI=1S/C6H10N4OS/c1-3(7)5(11)9-6-8-4(2)10-12-6/h3H,7H2,1-2H3,(H,8,9,10,11)/t3-/m0/s1. The lowest BCUT2D eigenvalue weighted by Crippen LogP contribution is -2.32. The quantitative estimate of drug-likeness (QED) is 0.688. The molecular formula is C6H10N4OS. The molecule has 0 aliphatic heterocycles. The molecule has 0 aliphatic carbocycles. The van der Waals surface area contributed by atoms with Crippen molar-refractivity contribution in [1.29, 1.82) is 0 Å². The van der Waals surface area contributed by atoms with Gasteiger partial charge in [0.05, 0.1) is 6.04 Å². The van der Waals surface area contributed by atoms with E-state index in [4.69, 9.17) is 5.73 Å². The average molecular weight is 186 g/mol. The minimum absolute atomic E-state index is 0.244. The van der Waals surface area contributed by atoms with E-state index in [1.54, 1.807) is 13.8 Å². The van der Waals surface area contributed by atoms with Crippen LogP contribution in [-0.2, 0) is 4.79 Å². The Bertz CT molecular complexity index is 283. The first-order valence-corrected chi connectivity index (χ1v) is 4.23. The second-order valence-corrected chi connectivity index (χ2v) is 3.18. The molecule has 0 aromatic carbocycles. The van der Waals surface area contributed by atoms with Crippen LogP contribution in [0.5, 0.6) is 0 Å². The van der Waals surface area contributed by atoms with Gasteiger partial charge in [-0.15, -0.1) is 0 Å². The van der Waals surface area contributed by atoms with Gasteiger partial charge >= 0.3 is 0 Å². The predicted octanol–water partition coefficient (Wildman–Crippen LogP) is 0.132. The van der Waals surface area contributed by atoms with E-state index in [0.29, 0.717) is 11.0 Å². The fourth-order valence-corrected chi connectivity index (χ4v) is 1.15. The van der Waals surface area contributed by atoms with Crippen molar-refractivity contribution in [2.45, 2.75) is 19.9 Å². The van der Waals surface area contributed by atoms with Crippen molar-refractivity contribution in [2.24, 2.45) is 5.73 Å². The van der Waals surface area contributed by atoms with Gasteiger partial charge in [0.15, 0.2) is 0 Å². The molecule has 5 nitrogen and oxygen atoms in total. The van der Waals surface area contributed by atoms with Crippen LogP contribution in [0.2, 0.25) is 0 Å². The number of nitrogens with two attached hydrogens (primary N) is 1. The summed E-state index contributed by atoms with van der Waals surface area (Å²) >= 11 is 1.15. The molecule has 0 spiro atoms. The number of anilines is 1. The summed E-state index contributed by atoms with van der Waals surface area (Å²) < 4.78 is 3.90. The van der Waals surface area contributed by atoms with Gasteiger partial charge in [0.25, 0.3) is 0 Å². The van der Waals surface area contributed by atoms with Crippen molar-refractivity contribution in [1.82, 2.24) is 9.36 Å². The maximum absolute atomic E-state index is 11.0. The number of aromatic nitrogens is 2. The molecular weight excluding hydrogens is 176 g/mol. The Hall–Kier alpha value is -1.01. The van der Waals surface area contributed by atoms with Gasteiger partial charge in [-0.05, 0) is 13.8 Å². The van der Waals surface area contributed by atoms with Crippen LogP contribution in [0.25, 0.3) is 0 Å². The first-order valence-electron chi connectivity index (χ1n) is 3.46. The van der Waals surface area contributed by atoms with Crippen molar-refractivity contribution >= 4 is 22.6 Å². The second-order valence-electron chi connectivity index (χ2n) is 2.42. The zero-order valence-electron chi connectivity index (χ0n) is 6.87. The third-order valence-electron chi connectivity index (χ3n) is 1.17. The first-order chi connectivity index (χ1) is 5.59. The number of rotatable bonds is 2. The minimum atomic E-state index is -0.519. The maximum Gasteiger partial charge on any atom is 0.242 e. The predicted molar refractivity (Wildman–Crippen MR) is 46.9 cm³/mol. The van der Waals surface area contributed by atoms with E-state index in [0.717, 1.165) is 11.5 Å². The molecule has 66 valence electrons. The van der Waals surface area contributed by atoms with E-state index >= 15 is 0 Å². The summed E-state index contributed by atoms with van der Waals surface area (Å²) in [7, 11) is 0. The smallest absolute Gasteiger partial charge is 0.242 e. The normalized spacial score (nSPS) is 12.6. The van der Waals surface area contributed by atoms with Crippen molar-refractivity contribution in [2.75, 3.05) is 5.32 Å². The van der Waals surface area contributed by atoms with Gasteiger partial charge in [-0.1, -0.05) is 0 Å². The van der Waals surface area contributed by atoms with E-state index < -0.39 is 6.04 Å². The SMILES string of the molecule is Cc1nsc(NC(=O)[C@H](C)N)n1. The highest BCUT2D eigenvalue weighted by molar-refractivity contribution is 7.09. The third kappa shape index (κ3) is 2.24. The molecule has 3 N–H and O–H groups in total. The van der Waals surface area contributed by atoms with Gasteiger partial charge in [0.2, 0.25) is 11.0 Å². The Morgan fingerprint density at radius 3 is 2.83 bits per heavy atom. The maximum atomic E-state index is 11.0. The van der Waals surface area contributed by atoms with Crippen LogP contribution in [0.4, 0.5) is 5.13 Å². The van der Waals surface area contributed by atoms with Crippen molar-refractivity contribution in [3.63, 3.8) is 0 Å². The van der Waals surface area contributed by atoms with Crippen LogP contribution in [0.3, 0.4) is 0 Å². The number of aryl methyl sites for hydroxylation is 1. The molecule has 0 saturated heterocycles. The van der Waals surface area contributed by atoms with E-state index in [1.165, 1.54) is 0 Å². The monoisotopic (exact) mass is 186 g/mol. The molecule has 1 atom stereocenters. The van der Waals surface area contributed by atoms with Gasteiger partial charge < -0.3 is 5.73 Å². The number of nitrogens with zero attached hydrogens (tertiary/aromatic N) is 2. The average Bonchev–Trinajstić information content (AvgIpc) is 2.35. The molecule has 12 heavy (non-hydrogen) atoms. The van der Waals surface area contributed by atoms with E-state index in [9.17, 15) is 4.79 Å². The van der Waals surface area contributed by atoms with E-state index in [-0.39, 0.29) is 5.91 Å². The lowest BCUT2D eigenvalue weighted by atomic mass is 10.3. The lowest BCUT2D eigenvalue weighted by molar-refractivity contribution is -0.117. The van der Waals surface area contributed by atoms with Crippen LogP contribution < -0.4 is 11.1 Å². The molecule has 1 rings (SSSR count). The molecule has 1 aromatic rings. The number of amides is 1. The topological polar surface area (TPSA) is 80.9 Å². The zero-order chi connectivity index (χ0) is 9.14. The van der Waals surface area contributed by atoms with Gasteiger partial charge in [-0.25, -0.2) is 4.98 Å². The van der Waals surface area contributed by atoms with Crippen LogP contribution >= 0.6 is 11.5 Å². The third-order valence-corrected chi connectivity index (χ3v) is 1.89. The van der Waals surface area contributed by atoms with E-state index in [2.05, 4.69) is 14.7 Å². The van der Waals surface area contributed by atoms with Gasteiger partial charge in [0, 0.05) is 11.5 Å². The molecule has 1 heterocycles. The molecule has 0 radical (unpaired) electrons. The summed E-state index contributed by atoms with van der Waals surface area (Å²) in [6.45, 7) is 3.38. The Morgan fingerprint density at radius 2 is 2.42 bits per heavy atom. The molecule has 0 bridgehead atoms. The fraction of sp³-hybridized carbons (Fsp3) is 0.500. The second kappa shape index (κ2) is 3.59. The minimum Gasteiger partial charge on any atom is -0.320 e. The molecule has 0 unspecified atom stereocenters. The highest BCUT2D eigenvalue weighted by atomic mass is 32.1. The Balaban J connectivity index is 2.58. The summed E-state index contributed by atoms with van der Waals surface area (Å²) in [6.07, 6.45) is 0. The van der Waals surface area contributed by atoms with Crippen LogP contribution in [0.1, 0.15) is 12.7 Å². The summed E-state index contributed by atoms with van der Waals surface area (Å²) in [4.78, 5) is 15.0. The summed E-state index contributed by atoms with van der Waals surface area (Å²) in [5.74, 6) is 0.408. The highest BCUT2D eigenvalue weighted by Gasteiger charge is 2.09. The van der Waals surface area contributed by atoms with Gasteiger partial charge in [-0.3, -0.25) is 10.1 Å². The summed E-state index contributed by atoms with van der Waals surface area (Å²) in [5.41, 5.74) is 5.33. The Kier molecular flexibility index (Phi) is 2.72. The Labute approximate surface area is 74.2 Å². The van der Waals surface area contributed by atoms with Crippen LogP contribution in [0.15, 0.2) is 0 Å². The molecule has 0 aliphatic rings. The van der Waals surface area contributed by atoms with Crippen LogP contribution in [0, 0.1) is 6.92 Å². The fourth-order valence-electron chi connectivity index (χ4n) is 0.567. The number of hydrogen-bond donors (Lipinski definition) is 2. The van der Waals surface area contributed by atoms with Crippen molar-refractivity contribution in [3.8, 4) is 0 Å². The number of hydrogen-bond acceptors (Lipinski definition) is 5. The molecule has 1 amide bonds. The van der Waals surface area contributed by atoms with Crippen molar-refractivity contribution < 1.29 is 4.79 Å². The lowest BCUT2D eigenvalue weighted by Gasteiger charge is -2.02. The number of nitrogens with one attached hydrogen (secondary N) is 1. The van der Waals surface area contributed by atoms with E-state index in [1.807, 2.05) is 0 Å². The molecule has 1 aromatic heterocycles. The molecule has 0 fully saturated rings. The molecule has 0 saturated carbocycles. The summed E-state index contributed by atoms with van der Waals surface area (Å²) in [5, 5.41) is 3.04. The van der Waals surface area contributed by atoms with Crippen LogP contribution in [-0.4, -0.2) is 21.3 Å². The van der Waals surface area contributed by atoms with Crippen molar-refractivity contribution in [3.05, 3.63) is 5.82 Å². The largest absolute Gasteiger partial charge is 0.320 e.